The van der Waals surface area contributed by atoms with E-state index in [9.17, 15) is 0 Å². The van der Waals surface area contributed by atoms with Gasteiger partial charge in [-0.1, -0.05) is 11.6 Å². The number of nitrogens with zero attached hydrogens (tertiary/aromatic N) is 2. The van der Waals surface area contributed by atoms with Crippen molar-refractivity contribution in [2.75, 3.05) is 20.3 Å². The average molecular weight is 291 g/mol. The summed E-state index contributed by atoms with van der Waals surface area (Å²) >= 11 is 6.17. The molecular weight excluding hydrogens is 268 g/mol. The molecule has 0 saturated carbocycles. The third-order valence-corrected chi connectivity index (χ3v) is 2.85. The average Bonchev–Trinajstić information content (AvgIpc) is 2.68. The second kappa shape index (κ2) is 7.21. The van der Waals surface area contributed by atoms with Crippen LogP contribution in [0, 0.1) is 0 Å². The summed E-state index contributed by atoms with van der Waals surface area (Å²) in [6.45, 7) is 7.56. The van der Waals surface area contributed by atoms with Crippen LogP contribution in [0.25, 0.3) is 0 Å². The van der Waals surface area contributed by atoms with Crippen LogP contribution in [-0.2, 0) is 16.0 Å². The zero-order valence-corrected chi connectivity index (χ0v) is 12.7. The summed E-state index contributed by atoms with van der Waals surface area (Å²) in [5, 5.41) is 4.79. The summed E-state index contributed by atoms with van der Waals surface area (Å²) in [5.74, 6) is 5.60. The van der Waals surface area contributed by atoms with Crippen molar-refractivity contribution >= 4 is 11.6 Å². The molecule has 19 heavy (non-hydrogen) atoms. The molecule has 6 nitrogen and oxygen atoms in total. The molecule has 1 unspecified atom stereocenters. The molecule has 1 atom stereocenters. The van der Waals surface area contributed by atoms with Crippen molar-refractivity contribution in [3.63, 3.8) is 0 Å². The van der Waals surface area contributed by atoms with Crippen molar-refractivity contribution in [2.24, 2.45) is 5.84 Å². The van der Waals surface area contributed by atoms with Crippen molar-refractivity contribution < 1.29 is 9.47 Å². The smallest absolute Gasteiger partial charge is 0.0877 e. The van der Waals surface area contributed by atoms with Gasteiger partial charge in [0.15, 0.2) is 0 Å². The number of aromatic nitrogens is 2. The number of nitrogens with two attached hydrogens (primary N) is 1. The summed E-state index contributed by atoms with van der Waals surface area (Å²) in [6.07, 6.45) is 1.61. The molecule has 1 rings (SSSR count). The number of hydrogen-bond donors (Lipinski definition) is 2. The summed E-state index contributed by atoms with van der Waals surface area (Å²) in [4.78, 5) is 0. The van der Waals surface area contributed by atoms with Gasteiger partial charge in [-0.15, -0.1) is 0 Å². The van der Waals surface area contributed by atoms with Crippen LogP contribution in [0.3, 0.4) is 0 Å². The highest BCUT2D eigenvalue weighted by molar-refractivity contribution is 6.31. The van der Waals surface area contributed by atoms with Gasteiger partial charge < -0.3 is 9.47 Å². The Morgan fingerprint density at radius 3 is 2.74 bits per heavy atom. The van der Waals surface area contributed by atoms with Crippen molar-refractivity contribution in [2.45, 2.75) is 39.0 Å². The molecular formula is C12H23ClN4O2. The maximum Gasteiger partial charge on any atom is 0.0877 e. The van der Waals surface area contributed by atoms with Gasteiger partial charge >= 0.3 is 0 Å². The molecule has 0 aromatic carbocycles. The van der Waals surface area contributed by atoms with E-state index >= 15 is 0 Å². The van der Waals surface area contributed by atoms with E-state index in [1.807, 2.05) is 20.8 Å². The number of hydrazine groups is 1. The number of nitrogens with one attached hydrogen (secondary N) is 1. The van der Waals surface area contributed by atoms with Gasteiger partial charge in [-0.2, -0.15) is 5.10 Å². The topological polar surface area (TPSA) is 74.3 Å². The lowest BCUT2D eigenvalue weighted by Crippen LogP contribution is -2.36. The molecule has 1 aromatic heterocycles. The number of halogens is 1. The Labute approximate surface area is 119 Å². The molecule has 0 aliphatic heterocycles. The van der Waals surface area contributed by atoms with Crippen molar-refractivity contribution in [1.29, 1.82) is 0 Å². The van der Waals surface area contributed by atoms with Gasteiger partial charge in [-0.25, -0.2) is 5.43 Å². The van der Waals surface area contributed by atoms with E-state index in [1.54, 1.807) is 18.0 Å². The standard InChI is InChI=1S/C12H23ClN4O2/c1-12(2,3)19-8-10(16-14)11-9(13)7-15-17(11)5-6-18-4/h7,10,16H,5-6,8,14H2,1-4H3. The van der Waals surface area contributed by atoms with Gasteiger partial charge in [0, 0.05) is 7.11 Å². The first-order valence-electron chi connectivity index (χ1n) is 6.19. The van der Waals surface area contributed by atoms with Crippen molar-refractivity contribution in [3.05, 3.63) is 16.9 Å². The van der Waals surface area contributed by atoms with Gasteiger partial charge in [-0.05, 0) is 20.8 Å². The molecule has 1 heterocycles. The van der Waals surface area contributed by atoms with Gasteiger partial charge in [0.25, 0.3) is 0 Å². The molecule has 1 aromatic rings. The molecule has 0 fully saturated rings. The van der Waals surface area contributed by atoms with Crippen LogP contribution >= 0.6 is 11.6 Å². The third-order valence-electron chi connectivity index (χ3n) is 2.55. The maximum atomic E-state index is 6.17. The normalized spacial score (nSPS) is 13.8. The lowest BCUT2D eigenvalue weighted by molar-refractivity contribution is -0.0159. The predicted octanol–water partition coefficient (Wildman–Crippen LogP) is 1.50. The van der Waals surface area contributed by atoms with Crippen LogP contribution in [0.1, 0.15) is 32.5 Å². The van der Waals surface area contributed by atoms with E-state index in [0.29, 0.717) is 24.8 Å². The summed E-state index contributed by atoms with van der Waals surface area (Å²) in [5.41, 5.74) is 3.30. The first-order chi connectivity index (χ1) is 8.89. The molecule has 0 aliphatic rings. The lowest BCUT2D eigenvalue weighted by Gasteiger charge is -2.24. The Morgan fingerprint density at radius 2 is 2.21 bits per heavy atom. The maximum absolute atomic E-state index is 6.17. The molecule has 0 aliphatic carbocycles. The predicted molar refractivity (Wildman–Crippen MR) is 74.9 cm³/mol. The van der Waals surface area contributed by atoms with Crippen LogP contribution in [0.2, 0.25) is 5.02 Å². The highest BCUT2D eigenvalue weighted by atomic mass is 35.5. The first-order valence-corrected chi connectivity index (χ1v) is 6.57. The minimum Gasteiger partial charge on any atom is -0.383 e. The van der Waals surface area contributed by atoms with E-state index in [0.717, 1.165) is 5.69 Å². The Balaban J connectivity index is 2.81. The van der Waals surface area contributed by atoms with Gasteiger partial charge in [0.2, 0.25) is 0 Å². The van der Waals surface area contributed by atoms with Gasteiger partial charge in [0.1, 0.15) is 0 Å². The largest absolute Gasteiger partial charge is 0.383 e. The second-order valence-corrected chi connectivity index (χ2v) is 5.64. The Morgan fingerprint density at radius 1 is 1.53 bits per heavy atom. The third kappa shape index (κ3) is 5.08. The minimum atomic E-state index is -0.237. The highest BCUT2D eigenvalue weighted by Gasteiger charge is 2.22. The van der Waals surface area contributed by atoms with E-state index in [1.165, 1.54) is 0 Å². The molecule has 0 bridgehead atoms. The first kappa shape index (κ1) is 16.4. The van der Waals surface area contributed by atoms with Crippen LogP contribution in [-0.4, -0.2) is 35.7 Å². The zero-order valence-electron chi connectivity index (χ0n) is 11.9. The molecule has 0 saturated heterocycles. The van der Waals surface area contributed by atoms with Crippen LogP contribution in [0.5, 0.6) is 0 Å². The monoisotopic (exact) mass is 290 g/mol. The molecule has 7 heteroatoms. The van der Waals surface area contributed by atoms with Crippen molar-refractivity contribution in [1.82, 2.24) is 15.2 Å². The van der Waals surface area contributed by atoms with Crippen LogP contribution < -0.4 is 11.3 Å². The Hall–Kier alpha value is -0.660. The lowest BCUT2D eigenvalue weighted by atomic mass is 10.1. The highest BCUT2D eigenvalue weighted by Crippen LogP contribution is 2.24. The van der Waals surface area contributed by atoms with E-state index in [2.05, 4.69) is 10.5 Å². The number of methoxy groups -OCH3 is 1. The fourth-order valence-corrected chi connectivity index (χ4v) is 1.89. The summed E-state index contributed by atoms with van der Waals surface area (Å²) in [6, 6.07) is -0.217. The second-order valence-electron chi connectivity index (χ2n) is 5.24. The van der Waals surface area contributed by atoms with Gasteiger partial charge in [0.05, 0.1) is 48.3 Å². The van der Waals surface area contributed by atoms with Gasteiger partial charge in [-0.3, -0.25) is 10.5 Å². The van der Waals surface area contributed by atoms with E-state index < -0.39 is 0 Å². The minimum absolute atomic E-state index is 0.217. The molecule has 0 spiro atoms. The zero-order chi connectivity index (χ0) is 14.5. The summed E-state index contributed by atoms with van der Waals surface area (Å²) < 4.78 is 12.6. The number of hydrogen-bond acceptors (Lipinski definition) is 5. The quantitative estimate of drug-likeness (QED) is 0.588. The summed E-state index contributed by atoms with van der Waals surface area (Å²) in [7, 11) is 1.64. The van der Waals surface area contributed by atoms with Crippen LogP contribution in [0.4, 0.5) is 0 Å². The fraction of sp³-hybridized carbons (Fsp3) is 0.750. The van der Waals surface area contributed by atoms with Crippen molar-refractivity contribution in [3.8, 4) is 0 Å². The van der Waals surface area contributed by atoms with E-state index in [4.69, 9.17) is 26.9 Å². The Kier molecular flexibility index (Phi) is 6.22. The molecule has 0 amide bonds. The Bertz CT molecular complexity index is 390. The molecule has 110 valence electrons. The number of rotatable bonds is 7. The van der Waals surface area contributed by atoms with Crippen LogP contribution in [0.15, 0.2) is 6.20 Å². The SMILES string of the molecule is COCCn1ncc(Cl)c1C(COC(C)(C)C)NN. The number of ether oxygens (including phenoxy) is 2. The molecule has 0 radical (unpaired) electrons. The molecule has 3 N–H and O–H groups in total. The van der Waals surface area contributed by atoms with E-state index in [-0.39, 0.29) is 11.6 Å². The fourth-order valence-electron chi connectivity index (χ4n) is 1.61.